The third-order valence-electron chi connectivity index (χ3n) is 4.19. The molecule has 24 heavy (non-hydrogen) atoms. The number of hydrogen-bond acceptors (Lipinski definition) is 3. The molecule has 2 aromatic rings. The highest BCUT2D eigenvalue weighted by atomic mass is 32.2. The van der Waals surface area contributed by atoms with Gasteiger partial charge < -0.3 is 10.0 Å². The molecule has 1 atom stereocenters. The number of carbonyl (C=O) groups excluding carboxylic acids is 1. The van der Waals surface area contributed by atoms with Gasteiger partial charge in [0, 0.05) is 18.0 Å². The topological polar surface area (TPSA) is 57.6 Å². The van der Waals surface area contributed by atoms with Gasteiger partial charge in [-0.05, 0) is 36.6 Å². The molecule has 4 nitrogen and oxygen atoms in total. The number of carboxylic acid groups (broad SMARTS) is 1. The Morgan fingerprint density at radius 3 is 2.50 bits per heavy atom. The summed E-state index contributed by atoms with van der Waals surface area (Å²) in [6.45, 7) is 2.91. The van der Waals surface area contributed by atoms with Gasteiger partial charge in [0.2, 0.25) is 0 Å². The van der Waals surface area contributed by atoms with Crippen molar-refractivity contribution in [3.63, 3.8) is 0 Å². The van der Waals surface area contributed by atoms with Crippen LogP contribution in [0, 0.1) is 0 Å². The summed E-state index contributed by atoms with van der Waals surface area (Å²) in [5.74, 6) is -0.917. The first-order valence-corrected chi connectivity index (χ1v) is 8.79. The van der Waals surface area contributed by atoms with E-state index in [1.807, 2.05) is 35.2 Å². The minimum atomic E-state index is -0.880. The van der Waals surface area contributed by atoms with Crippen LogP contribution in [0.15, 0.2) is 53.4 Å². The smallest absolute Gasteiger partial charge is 0.316 e. The van der Waals surface area contributed by atoms with Crippen LogP contribution >= 0.6 is 11.8 Å². The molecular formula is C19H19NO3S. The fraction of sp³-hybridized carbons (Fsp3) is 0.263. The second-order valence-electron chi connectivity index (χ2n) is 5.84. The highest BCUT2D eigenvalue weighted by Gasteiger charge is 2.24. The molecule has 3 rings (SSSR count). The van der Waals surface area contributed by atoms with Gasteiger partial charge in [-0.1, -0.05) is 36.4 Å². The van der Waals surface area contributed by atoms with E-state index in [9.17, 15) is 9.59 Å². The van der Waals surface area contributed by atoms with Crippen LogP contribution in [0.4, 0.5) is 0 Å². The molecule has 1 unspecified atom stereocenters. The van der Waals surface area contributed by atoms with Crippen molar-refractivity contribution in [3.05, 3.63) is 65.2 Å². The molecule has 0 saturated heterocycles. The molecule has 1 aliphatic heterocycles. The fourth-order valence-electron chi connectivity index (χ4n) is 2.83. The Kier molecular flexibility index (Phi) is 4.90. The fourth-order valence-corrected chi connectivity index (χ4v) is 3.75. The summed E-state index contributed by atoms with van der Waals surface area (Å²) in [7, 11) is 0. The monoisotopic (exact) mass is 341 g/mol. The van der Waals surface area contributed by atoms with Gasteiger partial charge in [-0.15, -0.1) is 11.8 Å². The number of carboxylic acids is 1. The number of fused-ring (bicyclic) bond motifs is 1. The van der Waals surface area contributed by atoms with Crippen molar-refractivity contribution in [2.45, 2.75) is 30.0 Å². The predicted molar refractivity (Wildman–Crippen MR) is 94.3 cm³/mol. The average molecular weight is 341 g/mol. The Hall–Kier alpha value is -2.27. The molecule has 1 heterocycles. The molecule has 0 fully saturated rings. The zero-order chi connectivity index (χ0) is 17.1. The standard InChI is InChI=1S/C19H19NO3S/c1-13(19(22)23)24-17-9-5-4-8-16(17)18(21)20-11-10-14-6-2-3-7-15(14)12-20/h2-9,13H,10-12H2,1H3,(H,22,23). The van der Waals surface area contributed by atoms with E-state index in [0.29, 0.717) is 18.7 Å². The van der Waals surface area contributed by atoms with Gasteiger partial charge in [0.05, 0.1) is 5.56 Å². The highest BCUT2D eigenvalue weighted by molar-refractivity contribution is 8.00. The number of carbonyl (C=O) groups is 2. The van der Waals surface area contributed by atoms with Crippen molar-refractivity contribution in [1.29, 1.82) is 0 Å². The Morgan fingerprint density at radius 1 is 1.08 bits per heavy atom. The van der Waals surface area contributed by atoms with E-state index in [2.05, 4.69) is 12.1 Å². The minimum Gasteiger partial charge on any atom is -0.480 e. The maximum Gasteiger partial charge on any atom is 0.316 e. The highest BCUT2D eigenvalue weighted by Crippen LogP contribution is 2.29. The van der Waals surface area contributed by atoms with Gasteiger partial charge in [-0.3, -0.25) is 9.59 Å². The van der Waals surface area contributed by atoms with Crippen LogP contribution in [-0.2, 0) is 17.8 Å². The van der Waals surface area contributed by atoms with Crippen molar-refractivity contribution >= 4 is 23.6 Å². The molecule has 1 N–H and O–H groups in total. The van der Waals surface area contributed by atoms with Crippen molar-refractivity contribution in [2.75, 3.05) is 6.54 Å². The van der Waals surface area contributed by atoms with E-state index in [4.69, 9.17) is 5.11 Å². The van der Waals surface area contributed by atoms with E-state index >= 15 is 0 Å². The molecule has 0 aromatic heterocycles. The van der Waals surface area contributed by atoms with E-state index in [1.54, 1.807) is 13.0 Å². The minimum absolute atomic E-state index is 0.0369. The van der Waals surface area contributed by atoms with E-state index < -0.39 is 11.2 Å². The van der Waals surface area contributed by atoms with Crippen LogP contribution < -0.4 is 0 Å². The lowest BCUT2D eigenvalue weighted by Crippen LogP contribution is -2.36. The van der Waals surface area contributed by atoms with Crippen LogP contribution in [0.3, 0.4) is 0 Å². The van der Waals surface area contributed by atoms with Gasteiger partial charge in [0.25, 0.3) is 5.91 Å². The number of rotatable bonds is 4. The van der Waals surface area contributed by atoms with Gasteiger partial charge in [0.1, 0.15) is 5.25 Å². The van der Waals surface area contributed by atoms with Gasteiger partial charge >= 0.3 is 5.97 Å². The lowest BCUT2D eigenvalue weighted by atomic mass is 9.99. The number of nitrogens with zero attached hydrogens (tertiary/aromatic N) is 1. The summed E-state index contributed by atoms with van der Waals surface area (Å²) in [6, 6.07) is 15.4. The lowest BCUT2D eigenvalue weighted by molar-refractivity contribution is -0.136. The third kappa shape index (κ3) is 3.46. The predicted octanol–water partition coefficient (Wildman–Crippen LogP) is 3.45. The van der Waals surface area contributed by atoms with Gasteiger partial charge in [-0.2, -0.15) is 0 Å². The van der Waals surface area contributed by atoms with Crippen LogP contribution in [0.2, 0.25) is 0 Å². The quantitative estimate of drug-likeness (QED) is 0.866. The molecule has 0 spiro atoms. The van der Waals surface area contributed by atoms with Crippen molar-refractivity contribution in [2.24, 2.45) is 0 Å². The first kappa shape index (κ1) is 16.6. The zero-order valence-corrected chi connectivity index (χ0v) is 14.3. The summed E-state index contributed by atoms with van der Waals surface area (Å²) >= 11 is 1.21. The Bertz CT molecular complexity index is 775. The maximum absolute atomic E-state index is 12.9. The first-order chi connectivity index (χ1) is 11.6. The molecule has 0 aliphatic carbocycles. The molecule has 0 radical (unpaired) electrons. The molecule has 0 bridgehead atoms. The summed E-state index contributed by atoms with van der Waals surface area (Å²) < 4.78 is 0. The largest absolute Gasteiger partial charge is 0.480 e. The van der Waals surface area contributed by atoms with Gasteiger partial charge in [0.15, 0.2) is 0 Å². The van der Waals surface area contributed by atoms with Crippen LogP contribution in [0.1, 0.15) is 28.4 Å². The second kappa shape index (κ2) is 7.09. The molecule has 1 aliphatic rings. The average Bonchev–Trinajstić information content (AvgIpc) is 2.61. The number of benzene rings is 2. The van der Waals surface area contributed by atoms with Gasteiger partial charge in [-0.25, -0.2) is 0 Å². The Balaban J connectivity index is 1.82. The first-order valence-electron chi connectivity index (χ1n) is 7.91. The number of thioether (sulfide) groups is 1. The summed E-state index contributed by atoms with van der Waals surface area (Å²) in [5, 5.41) is 8.52. The molecule has 0 saturated carbocycles. The van der Waals surface area contributed by atoms with Crippen molar-refractivity contribution < 1.29 is 14.7 Å². The zero-order valence-electron chi connectivity index (χ0n) is 13.4. The third-order valence-corrected chi connectivity index (χ3v) is 5.35. The number of hydrogen-bond donors (Lipinski definition) is 1. The van der Waals surface area contributed by atoms with Crippen molar-refractivity contribution in [1.82, 2.24) is 4.90 Å². The van der Waals surface area contributed by atoms with Crippen LogP contribution in [0.25, 0.3) is 0 Å². The van der Waals surface area contributed by atoms with Crippen LogP contribution in [0.5, 0.6) is 0 Å². The summed E-state index contributed by atoms with van der Waals surface area (Å²) in [4.78, 5) is 26.6. The molecule has 1 amide bonds. The second-order valence-corrected chi connectivity index (χ2v) is 7.22. The summed E-state index contributed by atoms with van der Waals surface area (Å²) in [5.41, 5.74) is 3.06. The molecule has 2 aromatic carbocycles. The Morgan fingerprint density at radius 2 is 1.75 bits per heavy atom. The Labute approximate surface area is 145 Å². The summed E-state index contributed by atoms with van der Waals surface area (Å²) in [6.07, 6.45) is 0.850. The van der Waals surface area contributed by atoms with E-state index in [-0.39, 0.29) is 5.91 Å². The lowest BCUT2D eigenvalue weighted by Gasteiger charge is -2.29. The maximum atomic E-state index is 12.9. The van der Waals surface area contributed by atoms with Crippen LogP contribution in [-0.4, -0.2) is 33.7 Å². The van der Waals surface area contributed by atoms with E-state index in [0.717, 1.165) is 11.3 Å². The normalized spacial score (nSPS) is 14.8. The molecule has 124 valence electrons. The van der Waals surface area contributed by atoms with Crippen molar-refractivity contribution in [3.8, 4) is 0 Å². The molecular weight excluding hydrogens is 322 g/mol. The number of amides is 1. The molecule has 5 heteroatoms. The van der Waals surface area contributed by atoms with E-state index in [1.165, 1.54) is 22.9 Å². The SMILES string of the molecule is CC(Sc1ccccc1C(=O)N1CCc2ccccc2C1)C(=O)O. The number of aliphatic carboxylic acids is 1.